The summed E-state index contributed by atoms with van der Waals surface area (Å²) >= 11 is 0. The Morgan fingerprint density at radius 1 is 1.22 bits per heavy atom. The number of ketones is 1. The summed E-state index contributed by atoms with van der Waals surface area (Å²) in [6.07, 6.45) is 4.95. The lowest BCUT2D eigenvalue weighted by Gasteiger charge is -2.44. The molecule has 96 valence electrons. The Kier molecular flexibility index (Phi) is 2.77. The lowest BCUT2D eigenvalue weighted by Crippen LogP contribution is -2.55. The molecule has 18 heavy (non-hydrogen) atoms. The molecule has 3 nitrogen and oxygen atoms in total. The second kappa shape index (κ2) is 4.30. The topological polar surface area (TPSA) is 35.5 Å². The first-order chi connectivity index (χ1) is 8.74. The lowest BCUT2D eigenvalue weighted by molar-refractivity contribution is -0.151. The van der Waals surface area contributed by atoms with Crippen molar-refractivity contribution in [2.24, 2.45) is 5.41 Å². The maximum atomic E-state index is 11.9. The van der Waals surface area contributed by atoms with Crippen LogP contribution in [0.3, 0.4) is 0 Å². The highest BCUT2D eigenvalue weighted by Crippen LogP contribution is 2.52. The number of ether oxygens (including phenoxy) is 2. The quantitative estimate of drug-likeness (QED) is 0.822. The smallest absolute Gasteiger partial charge is 0.146 e. The van der Waals surface area contributed by atoms with Crippen LogP contribution in [0.25, 0.3) is 0 Å². The molecule has 2 aliphatic carbocycles. The molecule has 2 fully saturated rings. The van der Waals surface area contributed by atoms with E-state index < -0.39 is 0 Å². The number of methoxy groups -OCH3 is 1. The van der Waals surface area contributed by atoms with E-state index in [-0.39, 0.29) is 11.5 Å². The number of hydrogen-bond donors (Lipinski definition) is 0. The van der Waals surface area contributed by atoms with Crippen molar-refractivity contribution in [1.29, 1.82) is 0 Å². The van der Waals surface area contributed by atoms with Crippen molar-refractivity contribution in [2.75, 3.05) is 7.11 Å². The number of rotatable bonds is 3. The molecule has 0 bridgehead atoms. The molecule has 0 aliphatic heterocycles. The molecule has 2 aliphatic rings. The van der Waals surface area contributed by atoms with Crippen molar-refractivity contribution in [1.82, 2.24) is 0 Å². The van der Waals surface area contributed by atoms with Crippen molar-refractivity contribution < 1.29 is 14.3 Å². The molecule has 0 aromatic heterocycles. The molecular weight excluding hydrogens is 228 g/mol. The minimum atomic E-state index is -0.164. The van der Waals surface area contributed by atoms with Crippen LogP contribution in [-0.4, -0.2) is 19.0 Å². The molecule has 1 aromatic rings. The number of Topliss-reactive ketones (excluding diaryl/α,β-unsaturated/α-hetero) is 1. The highest BCUT2D eigenvalue weighted by Gasteiger charge is 2.57. The highest BCUT2D eigenvalue weighted by atomic mass is 16.5. The van der Waals surface area contributed by atoms with Crippen LogP contribution in [0.2, 0.25) is 0 Å². The fourth-order valence-corrected chi connectivity index (χ4v) is 3.22. The van der Waals surface area contributed by atoms with Crippen molar-refractivity contribution in [2.45, 2.75) is 38.2 Å². The Bertz CT molecular complexity index is 461. The Morgan fingerprint density at radius 2 is 1.94 bits per heavy atom. The van der Waals surface area contributed by atoms with E-state index in [4.69, 9.17) is 9.47 Å². The number of carbonyl (C=O) groups excluding carboxylic acids is 1. The summed E-state index contributed by atoms with van der Waals surface area (Å²) in [6.45, 7) is 0. The van der Waals surface area contributed by atoms with E-state index in [9.17, 15) is 4.79 Å². The molecule has 1 unspecified atom stereocenters. The van der Waals surface area contributed by atoms with E-state index >= 15 is 0 Å². The molecule has 0 N–H and O–H groups in total. The van der Waals surface area contributed by atoms with Crippen LogP contribution in [0.5, 0.6) is 11.5 Å². The van der Waals surface area contributed by atoms with E-state index in [2.05, 4.69) is 0 Å². The summed E-state index contributed by atoms with van der Waals surface area (Å²) in [5.74, 6) is 1.99. The molecule has 0 amide bonds. The second-order valence-corrected chi connectivity index (χ2v) is 5.28. The number of benzene rings is 1. The van der Waals surface area contributed by atoms with Gasteiger partial charge in [0.2, 0.25) is 0 Å². The van der Waals surface area contributed by atoms with E-state index in [0.29, 0.717) is 12.2 Å². The molecule has 0 saturated heterocycles. The summed E-state index contributed by atoms with van der Waals surface area (Å²) in [4.78, 5) is 11.9. The first kappa shape index (κ1) is 11.6. The zero-order valence-electron chi connectivity index (χ0n) is 10.6. The van der Waals surface area contributed by atoms with Gasteiger partial charge < -0.3 is 9.47 Å². The Balaban J connectivity index is 1.75. The van der Waals surface area contributed by atoms with E-state index in [1.807, 2.05) is 24.3 Å². The third kappa shape index (κ3) is 1.69. The second-order valence-electron chi connectivity index (χ2n) is 5.28. The van der Waals surface area contributed by atoms with E-state index in [1.54, 1.807) is 7.11 Å². The number of carbonyl (C=O) groups is 1. The first-order valence-electron chi connectivity index (χ1n) is 6.59. The molecule has 1 aromatic carbocycles. The van der Waals surface area contributed by atoms with Crippen LogP contribution in [-0.2, 0) is 4.79 Å². The van der Waals surface area contributed by atoms with Crippen molar-refractivity contribution in [3.63, 3.8) is 0 Å². The summed E-state index contributed by atoms with van der Waals surface area (Å²) in [7, 11) is 1.64. The van der Waals surface area contributed by atoms with Gasteiger partial charge in [0.1, 0.15) is 23.4 Å². The molecular formula is C15H18O3. The minimum absolute atomic E-state index is 0.0691. The Labute approximate surface area is 107 Å². The highest BCUT2D eigenvalue weighted by molar-refractivity contribution is 5.92. The molecule has 1 spiro atoms. The molecule has 3 rings (SSSR count). The van der Waals surface area contributed by atoms with Crippen molar-refractivity contribution in [3.8, 4) is 11.5 Å². The zero-order valence-corrected chi connectivity index (χ0v) is 10.6. The van der Waals surface area contributed by atoms with Gasteiger partial charge in [0.15, 0.2) is 0 Å². The van der Waals surface area contributed by atoms with E-state index in [0.717, 1.165) is 37.2 Å². The van der Waals surface area contributed by atoms with Gasteiger partial charge in [-0.25, -0.2) is 0 Å². The van der Waals surface area contributed by atoms with Crippen molar-refractivity contribution >= 4 is 5.78 Å². The monoisotopic (exact) mass is 246 g/mol. The van der Waals surface area contributed by atoms with Gasteiger partial charge in [-0.15, -0.1) is 0 Å². The van der Waals surface area contributed by atoms with Crippen LogP contribution in [0, 0.1) is 5.41 Å². The van der Waals surface area contributed by atoms with Crippen LogP contribution in [0.15, 0.2) is 24.3 Å². The number of hydrogen-bond acceptors (Lipinski definition) is 3. The fourth-order valence-electron chi connectivity index (χ4n) is 3.22. The largest absolute Gasteiger partial charge is 0.497 e. The Hall–Kier alpha value is -1.51. The van der Waals surface area contributed by atoms with Gasteiger partial charge in [0.25, 0.3) is 0 Å². The average molecular weight is 246 g/mol. The van der Waals surface area contributed by atoms with Gasteiger partial charge in [-0.05, 0) is 25.0 Å². The van der Waals surface area contributed by atoms with Crippen LogP contribution in [0.4, 0.5) is 0 Å². The van der Waals surface area contributed by atoms with Crippen molar-refractivity contribution in [3.05, 3.63) is 24.3 Å². The van der Waals surface area contributed by atoms with Gasteiger partial charge in [0.05, 0.1) is 12.5 Å². The fraction of sp³-hybridized carbons (Fsp3) is 0.533. The predicted molar refractivity (Wildman–Crippen MR) is 67.9 cm³/mol. The minimum Gasteiger partial charge on any atom is -0.497 e. The van der Waals surface area contributed by atoms with Gasteiger partial charge in [-0.3, -0.25) is 4.79 Å². The van der Waals surface area contributed by atoms with Gasteiger partial charge in [-0.2, -0.15) is 0 Å². The molecule has 0 radical (unpaired) electrons. The summed E-state index contributed by atoms with van der Waals surface area (Å²) < 4.78 is 11.2. The van der Waals surface area contributed by atoms with Gasteiger partial charge in [0, 0.05) is 12.5 Å². The first-order valence-corrected chi connectivity index (χ1v) is 6.59. The maximum absolute atomic E-state index is 11.9. The summed E-state index contributed by atoms with van der Waals surface area (Å²) in [5, 5.41) is 0. The zero-order chi connectivity index (χ0) is 12.6. The average Bonchev–Trinajstić information content (AvgIpc) is 2.91. The summed E-state index contributed by atoms with van der Waals surface area (Å²) in [5.41, 5.74) is -0.164. The maximum Gasteiger partial charge on any atom is 0.146 e. The van der Waals surface area contributed by atoms with Crippen LogP contribution in [0.1, 0.15) is 32.1 Å². The normalized spacial score (nSPS) is 24.9. The lowest BCUT2D eigenvalue weighted by atomic mass is 9.63. The standard InChI is InChI=1S/C15H18O3/c1-17-11-5-4-6-12(9-11)18-14-10-13(16)15(14)7-2-3-8-15/h4-6,9,14H,2-3,7-8,10H2,1H3. The van der Waals surface area contributed by atoms with Gasteiger partial charge in [-0.1, -0.05) is 18.9 Å². The Morgan fingerprint density at radius 3 is 2.61 bits per heavy atom. The molecule has 1 atom stereocenters. The van der Waals surface area contributed by atoms with Gasteiger partial charge >= 0.3 is 0 Å². The summed E-state index contributed by atoms with van der Waals surface area (Å²) in [6, 6.07) is 7.61. The van der Waals surface area contributed by atoms with Crippen LogP contribution >= 0.6 is 0 Å². The molecule has 2 saturated carbocycles. The molecule has 0 heterocycles. The molecule has 3 heteroatoms. The third-order valence-corrected chi connectivity index (χ3v) is 4.36. The third-order valence-electron chi connectivity index (χ3n) is 4.36. The SMILES string of the molecule is COc1cccc(OC2CC(=O)C23CCCC3)c1. The van der Waals surface area contributed by atoms with E-state index in [1.165, 1.54) is 0 Å². The van der Waals surface area contributed by atoms with Crippen LogP contribution < -0.4 is 9.47 Å². The predicted octanol–water partition coefficient (Wildman–Crippen LogP) is 2.98.